The predicted molar refractivity (Wildman–Crippen MR) is 78.2 cm³/mol. The molecule has 2 fully saturated rings. The van der Waals surface area contributed by atoms with Gasteiger partial charge in [-0.15, -0.1) is 0 Å². The number of hydrogen-bond donors (Lipinski definition) is 1. The van der Waals surface area contributed by atoms with Crippen LogP contribution in [0, 0.1) is 0 Å². The van der Waals surface area contributed by atoms with Crippen molar-refractivity contribution in [2.24, 2.45) is 0 Å². The van der Waals surface area contributed by atoms with Crippen LogP contribution in [-0.4, -0.2) is 43.6 Å². The molecule has 2 aromatic rings. The molecule has 0 radical (unpaired) electrons. The summed E-state index contributed by atoms with van der Waals surface area (Å²) in [5.41, 5.74) is 6.84. The Morgan fingerprint density at radius 2 is 2.00 bits per heavy atom. The summed E-state index contributed by atoms with van der Waals surface area (Å²) in [6.45, 7) is 5.73. The zero-order valence-electron chi connectivity index (χ0n) is 12.4. The number of imidazole rings is 1. The van der Waals surface area contributed by atoms with E-state index in [1.165, 1.54) is 0 Å². The molecule has 2 saturated heterocycles. The fraction of sp³-hybridized carbons (Fsp3) is 0.615. The summed E-state index contributed by atoms with van der Waals surface area (Å²) in [5.74, 6) is -0.409. The Bertz CT molecular complexity index is 749. The zero-order valence-corrected chi connectivity index (χ0v) is 13.1. The highest BCUT2D eigenvalue weighted by atomic mass is 35.5. The number of nitrogens with two attached hydrogens (primary N) is 1. The van der Waals surface area contributed by atoms with Crippen LogP contribution in [0.1, 0.15) is 27.0 Å². The maximum absolute atomic E-state index is 5.99. The molecule has 4 rings (SSSR count). The van der Waals surface area contributed by atoms with Crippen LogP contribution in [0.15, 0.2) is 6.33 Å². The van der Waals surface area contributed by atoms with Crippen molar-refractivity contribution in [3.63, 3.8) is 0 Å². The van der Waals surface area contributed by atoms with Crippen LogP contribution < -0.4 is 5.73 Å². The minimum absolute atomic E-state index is 0.0678. The number of ether oxygens (including phenoxy) is 3. The Kier molecular flexibility index (Phi) is 2.90. The molecule has 8 nitrogen and oxygen atoms in total. The molecule has 4 atom stereocenters. The molecule has 0 amide bonds. The van der Waals surface area contributed by atoms with Crippen LogP contribution >= 0.6 is 11.6 Å². The quantitative estimate of drug-likeness (QED) is 0.793. The first-order valence-corrected chi connectivity index (χ1v) is 7.40. The number of hydrogen-bond acceptors (Lipinski definition) is 7. The lowest BCUT2D eigenvalue weighted by atomic mass is 10.1. The van der Waals surface area contributed by atoms with Gasteiger partial charge in [0.25, 0.3) is 0 Å². The molecule has 4 heterocycles. The van der Waals surface area contributed by atoms with Crippen LogP contribution in [0.5, 0.6) is 0 Å². The first-order chi connectivity index (χ1) is 10.4. The van der Waals surface area contributed by atoms with E-state index < -0.39 is 12.0 Å². The smallest absolute Gasteiger partial charge is 0.226 e. The van der Waals surface area contributed by atoms with Crippen LogP contribution in [0.4, 0.5) is 5.82 Å². The molecule has 0 aromatic carbocycles. The standard InChI is InChI=1S/C13H16ClN5O3/c1-5-7-8(22-13(2,3)21-7)11(20-5)19-4-16-6-9(15)17-12(14)18-10(6)19/h4-5,7-8,11H,1-3H3,(H2,15,17,18). The second-order valence-corrected chi connectivity index (χ2v) is 6.34. The number of nitrogens with zero attached hydrogens (tertiary/aromatic N) is 4. The van der Waals surface area contributed by atoms with Gasteiger partial charge in [0.2, 0.25) is 5.28 Å². The second-order valence-electron chi connectivity index (χ2n) is 6.00. The van der Waals surface area contributed by atoms with Crippen molar-refractivity contribution < 1.29 is 14.2 Å². The molecule has 4 unspecified atom stereocenters. The van der Waals surface area contributed by atoms with Crippen LogP contribution in [0.3, 0.4) is 0 Å². The number of halogens is 1. The van der Waals surface area contributed by atoms with Crippen molar-refractivity contribution in [3.8, 4) is 0 Å². The fourth-order valence-corrected chi connectivity index (χ4v) is 3.27. The molecule has 118 valence electrons. The first kappa shape index (κ1) is 14.1. The average Bonchev–Trinajstić information content (AvgIpc) is 3.03. The van der Waals surface area contributed by atoms with E-state index in [1.54, 1.807) is 10.9 Å². The molecule has 22 heavy (non-hydrogen) atoms. The lowest BCUT2D eigenvalue weighted by Crippen LogP contribution is -2.27. The number of rotatable bonds is 1. The second kappa shape index (κ2) is 4.51. The van der Waals surface area contributed by atoms with Crippen molar-refractivity contribution in [2.75, 3.05) is 5.73 Å². The van der Waals surface area contributed by atoms with Gasteiger partial charge in [0.05, 0.1) is 12.4 Å². The normalized spacial score (nSPS) is 33.5. The molecule has 2 N–H and O–H groups in total. The molecular formula is C13H16ClN5O3. The highest BCUT2D eigenvalue weighted by Gasteiger charge is 2.54. The molecule has 2 aromatic heterocycles. The summed E-state index contributed by atoms with van der Waals surface area (Å²) in [5, 5.41) is 0.0678. The molecule has 0 bridgehead atoms. The van der Waals surface area contributed by atoms with Gasteiger partial charge in [-0.05, 0) is 32.4 Å². The molecule has 0 spiro atoms. The number of anilines is 1. The van der Waals surface area contributed by atoms with Crippen molar-refractivity contribution >= 4 is 28.6 Å². The van der Waals surface area contributed by atoms with Crippen molar-refractivity contribution in [1.82, 2.24) is 19.5 Å². The van der Waals surface area contributed by atoms with Gasteiger partial charge in [0, 0.05) is 0 Å². The van der Waals surface area contributed by atoms with E-state index in [2.05, 4.69) is 15.0 Å². The maximum Gasteiger partial charge on any atom is 0.226 e. The van der Waals surface area contributed by atoms with E-state index in [1.807, 2.05) is 20.8 Å². The Morgan fingerprint density at radius 3 is 2.77 bits per heavy atom. The summed E-state index contributed by atoms with van der Waals surface area (Å²) >= 11 is 5.90. The lowest BCUT2D eigenvalue weighted by Gasteiger charge is -2.23. The highest BCUT2D eigenvalue weighted by molar-refractivity contribution is 6.28. The predicted octanol–water partition coefficient (Wildman–Crippen LogP) is 1.50. The van der Waals surface area contributed by atoms with E-state index in [0.29, 0.717) is 11.2 Å². The Balaban J connectivity index is 1.79. The zero-order chi connectivity index (χ0) is 15.6. The third-order valence-electron chi connectivity index (χ3n) is 3.96. The van der Waals surface area contributed by atoms with Crippen molar-refractivity contribution in [2.45, 2.75) is 51.1 Å². The summed E-state index contributed by atoms with van der Waals surface area (Å²) < 4.78 is 19.6. The topological polar surface area (TPSA) is 97.3 Å². The summed E-state index contributed by atoms with van der Waals surface area (Å²) in [4.78, 5) is 12.4. The van der Waals surface area contributed by atoms with Gasteiger partial charge in [-0.1, -0.05) is 0 Å². The van der Waals surface area contributed by atoms with Gasteiger partial charge in [-0.2, -0.15) is 9.97 Å². The van der Waals surface area contributed by atoms with Crippen LogP contribution in [0.25, 0.3) is 11.2 Å². The SMILES string of the molecule is CC1OC(n2cnc3c(N)nc(Cl)nc32)C2OC(C)(C)OC12. The third kappa shape index (κ3) is 1.98. The Labute approximate surface area is 131 Å². The number of nitrogen functional groups attached to an aromatic ring is 1. The van der Waals surface area contributed by atoms with Gasteiger partial charge >= 0.3 is 0 Å². The fourth-order valence-electron chi connectivity index (χ4n) is 3.10. The minimum Gasteiger partial charge on any atom is -0.382 e. The number of fused-ring (bicyclic) bond motifs is 2. The van der Waals surface area contributed by atoms with E-state index in [-0.39, 0.29) is 29.4 Å². The average molecular weight is 326 g/mol. The first-order valence-electron chi connectivity index (χ1n) is 7.02. The third-order valence-corrected chi connectivity index (χ3v) is 4.13. The molecule has 2 aliphatic heterocycles. The van der Waals surface area contributed by atoms with Gasteiger partial charge < -0.3 is 19.9 Å². The van der Waals surface area contributed by atoms with Crippen molar-refractivity contribution in [1.29, 1.82) is 0 Å². The molecule has 9 heteroatoms. The largest absolute Gasteiger partial charge is 0.382 e. The Morgan fingerprint density at radius 1 is 1.27 bits per heavy atom. The van der Waals surface area contributed by atoms with E-state index in [4.69, 9.17) is 31.5 Å². The molecule has 2 aliphatic rings. The van der Waals surface area contributed by atoms with Crippen LogP contribution in [-0.2, 0) is 14.2 Å². The maximum atomic E-state index is 5.99. The molecule has 0 saturated carbocycles. The number of aromatic nitrogens is 4. The van der Waals surface area contributed by atoms with E-state index in [9.17, 15) is 0 Å². The Hall–Kier alpha value is -1.48. The van der Waals surface area contributed by atoms with Gasteiger partial charge in [-0.3, -0.25) is 4.57 Å². The van der Waals surface area contributed by atoms with Gasteiger partial charge in [0.15, 0.2) is 23.5 Å². The summed E-state index contributed by atoms with van der Waals surface area (Å²) in [6, 6.07) is 0. The monoisotopic (exact) mass is 325 g/mol. The minimum atomic E-state index is -0.645. The molecule has 0 aliphatic carbocycles. The van der Waals surface area contributed by atoms with Gasteiger partial charge in [-0.25, -0.2) is 4.98 Å². The lowest BCUT2D eigenvalue weighted by molar-refractivity contribution is -0.194. The van der Waals surface area contributed by atoms with E-state index >= 15 is 0 Å². The molecular weight excluding hydrogens is 310 g/mol. The van der Waals surface area contributed by atoms with E-state index in [0.717, 1.165) is 0 Å². The summed E-state index contributed by atoms with van der Waals surface area (Å²) in [6.07, 6.45) is 0.700. The van der Waals surface area contributed by atoms with Gasteiger partial charge in [0.1, 0.15) is 17.7 Å². The van der Waals surface area contributed by atoms with Crippen LogP contribution in [0.2, 0.25) is 5.28 Å². The van der Waals surface area contributed by atoms with Crippen molar-refractivity contribution in [3.05, 3.63) is 11.6 Å². The summed E-state index contributed by atoms with van der Waals surface area (Å²) in [7, 11) is 0. The highest BCUT2D eigenvalue weighted by Crippen LogP contribution is 2.43.